The van der Waals surface area contributed by atoms with Crippen molar-refractivity contribution in [1.82, 2.24) is 19.8 Å². The average Bonchev–Trinajstić information content (AvgIpc) is 3.32. The van der Waals surface area contributed by atoms with Crippen LogP contribution in [0.25, 0.3) is 5.03 Å². The van der Waals surface area contributed by atoms with Gasteiger partial charge in [-0.3, -0.25) is 9.69 Å². The summed E-state index contributed by atoms with van der Waals surface area (Å²) in [6, 6.07) is 6.21. The highest BCUT2D eigenvalue weighted by atomic mass is 35.5. The van der Waals surface area contributed by atoms with E-state index in [1.807, 2.05) is 29.2 Å². The fourth-order valence-electron chi connectivity index (χ4n) is 5.37. The van der Waals surface area contributed by atoms with Crippen molar-refractivity contribution < 1.29 is 14.3 Å². The zero-order valence-corrected chi connectivity index (χ0v) is 22.1. The van der Waals surface area contributed by atoms with Gasteiger partial charge >= 0.3 is 0 Å². The molecule has 2 aromatic rings. The highest BCUT2D eigenvalue weighted by molar-refractivity contribution is 6.49. The Hall–Kier alpha value is -2.94. The standard InChI is InChI=1S/C28H34ClN5O3/c1-3-10-30-27-26-22(29)6-7-23(26)31-25(32-27)18-19-4-5-20(17-24(19)36-2)28(35)34-11-8-21(9-12-34)33-13-15-37-16-14-33/h3-6,17,21H,1,7-16,18H2,2H3,(H,30,31,32). The number of amides is 1. The van der Waals surface area contributed by atoms with Crippen LogP contribution in [0.2, 0.25) is 0 Å². The SMILES string of the molecule is C=CCNc1nc(Cc2ccc(C(=O)N3CCC(N4CCOCC4)CC3)cc2OC)nc2c1C(Cl)=CC2. The number of rotatable bonds is 8. The minimum absolute atomic E-state index is 0.0516. The molecule has 37 heavy (non-hydrogen) atoms. The van der Waals surface area contributed by atoms with E-state index in [4.69, 9.17) is 31.0 Å². The summed E-state index contributed by atoms with van der Waals surface area (Å²) in [4.78, 5) is 27.3. The first-order valence-electron chi connectivity index (χ1n) is 13.0. The molecule has 9 heteroatoms. The number of carbonyl (C=O) groups is 1. The van der Waals surface area contributed by atoms with Gasteiger partial charge in [0.25, 0.3) is 5.91 Å². The molecule has 3 aliphatic rings. The molecule has 1 amide bonds. The molecule has 0 unspecified atom stereocenters. The Morgan fingerprint density at radius 3 is 2.76 bits per heavy atom. The number of piperidine rings is 1. The molecule has 2 fully saturated rings. The number of hydrogen-bond acceptors (Lipinski definition) is 7. The highest BCUT2D eigenvalue weighted by Crippen LogP contribution is 2.35. The van der Waals surface area contributed by atoms with Crippen molar-refractivity contribution in [1.29, 1.82) is 0 Å². The number of ether oxygens (including phenoxy) is 2. The van der Waals surface area contributed by atoms with Crippen molar-refractivity contribution >= 4 is 28.4 Å². The minimum atomic E-state index is 0.0516. The molecule has 8 nitrogen and oxygen atoms in total. The van der Waals surface area contributed by atoms with E-state index in [0.717, 1.165) is 69.1 Å². The molecule has 0 bridgehead atoms. The van der Waals surface area contributed by atoms with Crippen molar-refractivity contribution in [2.75, 3.05) is 58.4 Å². The fourth-order valence-corrected chi connectivity index (χ4v) is 5.65. The van der Waals surface area contributed by atoms with Crippen molar-refractivity contribution in [2.45, 2.75) is 31.7 Å². The number of methoxy groups -OCH3 is 1. The molecule has 196 valence electrons. The van der Waals surface area contributed by atoms with Crippen LogP contribution >= 0.6 is 11.6 Å². The minimum Gasteiger partial charge on any atom is -0.496 e. The van der Waals surface area contributed by atoms with Crippen LogP contribution in [0.15, 0.2) is 36.9 Å². The third-order valence-electron chi connectivity index (χ3n) is 7.35. The normalized spacial score (nSPS) is 18.3. The first-order valence-corrected chi connectivity index (χ1v) is 13.3. The number of nitrogens with zero attached hydrogens (tertiary/aromatic N) is 4. The molecule has 5 rings (SSSR count). The summed E-state index contributed by atoms with van der Waals surface area (Å²) in [5, 5.41) is 3.95. The molecule has 0 radical (unpaired) electrons. The number of fused-ring (bicyclic) bond motifs is 1. The molecule has 2 aliphatic heterocycles. The maximum Gasteiger partial charge on any atom is 0.253 e. The zero-order chi connectivity index (χ0) is 25.8. The third-order valence-corrected chi connectivity index (χ3v) is 7.70. The molecule has 1 aromatic heterocycles. The number of benzene rings is 1. The van der Waals surface area contributed by atoms with Crippen LogP contribution in [-0.4, -0.2) is 84.8 Å². The van der Waals surface area contributed by atoms with Gasteiger partial charge in [-0.05, 0) is 25.0 Å². The number of hydrogen-bond donors (Lipinski definition) is 1. The predicted molar refractivity (Wildman–Crippen MR) is 145 cm³/mol. The molecular weight excluding hydrogens is 490 g/mol. The maximum atomic E-state index is 13.3. The van der Waals surface area contributed by atoms with Crippen LogP contribution in [0, 0.1) is 0 Å². The van der Waals surface area contributed by atoms with Gasteiger partial charge < -0.3 is 19.7 Å². The van der Waals surface area contributed by atoms with Gasteiger partial charge in [0.1, 0.15) is 17.4 Å². The fraction of sp³-hybridized carbons (Fsp3) is 0.464. The Morgan fingerprint density at radius 2 is 2.03 bits per heavy atom. The Morgan fingerprint density at radius 1 is 1.24 bits per heavy atom. The smallest absolute Gasteiger partial charge is 0.253 e. The summed E-state index contributed by atoms with van der Waals surface area (Å²) >= 11 is 6.40. The van der Waals surface area contributed by atoms with Crippen molar-refractivity contribution in [2.24, 2.45) is 0 Å². The second-order valence-electron chi connectivity index (χ2n) is 9.61. The summed E-state index contributed by atoms with van der Waals surface area (Å²) in [6.07, 6.45) is 6.89. The first-order chi connectivity index (χ1) is 18.1. The van der Waals surface area contributed by atoms with Crippen molar-refractivity contribution in [3.8, 4) is 5.75 Å². The molecule has 1 aromatic carbocycles. The van der Waals surface area contributed by atoms with Crippen LogP contribution in [0.5, 0.6) is 5.75 Å². The Labute approximate surface area is 223 Å². The molecule has 3 heterocycles. The summed E-state index contributed by atoms with van der Waals surface area (Å²) in [7, 11) is 1.63. The topological polar surface area (TPSA) is 79.8 Å². The van der Waals surface area contributed by atoms with Gasteiger partial charge in [0.2, 0.25) is 0 Å². The van der Waals surface area contributed by atoms with Gasteiger partial charge in [0, 0.05) is 67.8 Å². The highest BCUT2D eigenvalue weighted by Gasteiger charge is 2.29. The van der Waals surface area contributed by atoms with Crippen LogP contribution in [-0.2, 0) is 17.6 Å². The van der Waals surface area contributed by atoms with E-state index in [-0.39, 0.29) is 5.91 Å². The van der Waals surface area contributed by atoms with Crippen LogP contribution in [0.3, 0.4) is 0 Å². The Balaban J connectivity index is 1.28. The van der Waals surface area contributed by atoms with Crippen LogP contribution in [0.4, 0.5) is 5.82 Å². The molecule has 1 N–H and O–H groups in total. The van der Waals surface area contributed by atoms with E-state index < -0.39 is 0 Å². The van der Waals surface area contributed by atoms with Gasteiger partial charge in [-0.1, -0.05) is 29.8 Å². The quantitative estimate of drug-likeness (QED) is 0.528. The molecule has 1 aliphatic carbocycles. The summed E-state index contributed by atoms with van der Waals surface area (Å²) < 4.78 is 11.2. The maximum absolute atomic E-state index is 13.3. The van der Waals surface area contributed by atoms with Crippen molar-refractivity contribution in [3.05, 3.63) is 65.1 Å². The summed E-state index contributed by atoms with van der Waals surface area (Å²) in [6.45, 7) is 9.48. The number of allylic oxidation sites excluding steroid dienone is 1. The van der Waals surface area contributed by atoms with E-state index in [0.29, 0.717) is 53.4 Å². The monoisotopic (exact) mass is 523 g/mol. The molecule has 0 spiro atoms. The lowest BCUT2D eigenvalue weighted by Crippen LogP contribution is -2.50. The summed E-state index contributed by atoms with van der Waals surface area (Å²) in [5.74, 6) is 2.10. The third kappa shape index (κ3) is 5.66. The van der Waals surface area contributed by atoms with Gasteiger partial charge in [-0.15, -0.1) is 6.58 Å². The van der Waals surface area contributed by atoms with Crippen LogP contribution in [0.1, 0.15) is 45.8 Å². The second kappa shape index (κ2) is 11.6. The van der Waals surface area contributed by atoms with E-state index >= 15 is 0 Å². The lowest BCUT2D eigenvalue weighted by molar-refractivity contribution is 0.00158. The lowest BCUT2D eigenvalue weighted by Gasteiger charge is -2.40. The molecule has 0 saturated carbocycles. The van der Waals surface area contributed by atoms with E-state index in [2.05, 4.69) is 16.8 Å². The van der Waals surface area contributed by atoms with Gasteiger partial charge in [0.05, 0.1) is 31.6 Å². The van der Waals surface area contributed by atoms with Gasteiger partial charge in [-0.2, -0.15) is 0 Å². The largest absolute Gasteiger partial charge is 0.496 e. The predicted octanol–water partition coefficient (Wildman–Crippen LogP) is 3.75. The molecule has 0 atom stereocenters. The van der Waals surface area contributed by atoms with Crippen LogP contribution < -0.4 is 10.1 Å². The number of carbonyl (C=O) groups excluding carboxylic acids is 1. The van der Waals surface area contributed by atoms with E-state index in [1.54, 1.807) is 13.2 Å². The second-order valence-corrected chi connectivity index (χ2v) is 10.0. The number of likely N-dealkylation sites (tertiary alicyclic amines) is 1. The summed E-state index contributed by atoms with van der Waals surface area (Å²) in [5.41, 5.74) is 3.34. The number of aromatic nitrogens is 2. The van der Waals surface area contributed by atoms with E-state index in [9.17, 15) is 4.79 Å². The number of morpholine rings is 1. The molecular formula is C28H34ClN5O3. The number of halogens is 1. The van der Waals surface area contributed by atoms with Gasteiger partial charge in [-0.25, -0.2) is 9.97 Å². The average molecular weight is 524 g/mol. The Kier molecular flexibility index (Phi) is 8.08. The van der Waals surface area contributed by atoms with Gasteiger partial charge in [0.15, 0.2) is 0 Å². The Bertz CT molecular complexity index is 1190. The lowest BCUT2D eigenvalue weighted by atomic mass is 10.0. The van der Waals surface area contributed by atoms with E-state index in [1.165, 1.54) is 0 Å². The first kappa shape index (κ1) is 25.7. The molecule has 2 saturated heterocycles. The zero-order valence-electron chi connectivity index (χ0n) is 21.3. The number of nitrogens with one attached hydrogen (secondary N) is 1. The van der Waals surface area contributed by atoms with Crippen molar-refractivity contribution in [3.63, 3.8) is 0 Å². The number of anilines is 1.